The number of fused-ring (bicyclic) bond motifs is 29. The standard InChI is InChI=1S/3C38H41N/c1-15-16(2)22(8)30-28(20(15)6)14-29-21(7)26(12)34-33-25(11)19(5)24(10)32-31-23(9)17(3)18(4)27(13)36(31)39(37(32)33)38(34)35(29)30;1-15-16(2)21(7)30-28(20(15)6)14-29-31(30)25(11)26(12)33-35-24(10)19(5)23(9)34-32-22(8)17(3)18(4)27(13)36(32)39(37(29)33)38(34)35;1-15-16(2)21(7)30-28(20(15)6)14-29-26(12)35-34-24(10)19(5)23(9)33-32-22(8)17(3)18(4)25(11)36(32)39(38(33)34)37(35)27(13)31(29)30/h3*14H2,1-13H3. The molecule has 0 N–H and O–H groups in total. The van der Waals surface area contributed by atoms with Gasteiger partial charge in [-0.1, -0.05) is 0 Å². The van der Waals surface area contributed by atoms with E-state index < -0.39 is 0 Å². The molecule has 0 radical (unpaired) electrons. The first-order valence-electron chi connectivity index (χ1n) is 43.9. The third-order valence-corrected chi connectivity index (χ3v) is 35.2. The van der Waals surface area contributed by atoms with Crippen molar-refractivity contribution in [2.75, 3.05) is 0 Å². The van der Waals surface area contributed by atoms with Gasteiger partial charge in [-0.3, -0.25) is 0 Å². The zero-order valence-corrected chi connectivity index (χ0v) is 78.5. The normalized spacial score (nSPS) is 13.2. The molecule has 3 heteroatoms. The molecule has 594 valence electrons. The molecule has 12 aromatic carbocycles. The van der Waals surface area contributed by atoms with E-state index in [9.17, 15) is 0 Å². The van der Waals surface area contributed by atoms with E-state index in [0.29, 0.717) is 0 Å². The Bertz CT molecular complexity index is 7860. The molecule has 18 aromatic rings. The molecule has 0 aliphatic heterocycles. The third-order valence-electron chi connectivity index (χ3n) is 35.2. The van der Waals surface area contributed by atoms with Crippen LogP contribution in [0.5, 0.6) is 0 Å². The van der Waals surface area contributed by atoms with Crippen molar-refractivity contribution in [3.63, 3.8) is 0 Å². The highest BCUT2D eigenvalue weighted by Gasteiger charge is 2.40. The summed E-state index contributed by atoms with van der Waals surface area (Å²) in [6.45, 7) is 91.6. The van der Waals surface area contributed by atoms with Crippen molar-refractivity contribution in [1.29, 1.82) is 0 Å². The van der Waals surface area contributed by atoms with E-state index in [1.54, 1.807) is 33.4 Å². The number of aryl methyl sites for hydroxylation is 16. The van der Waals surface area contributed by atoms with Crippen molar-refractivity contribution in [1.82, 2.24) is 13.2 Å². The lowest BCUT2D eigenvalue weighted by molar-refractivity contribution is 1.13. The van der Waals surface area contributed by atoms with Gasteiger partial charge in [0.1, 0.15) is 0 Å². The summed E-state index contributed by atoms with van der Waals surface area (Å²) >= 11 is 0. The molecule has 21 rings (SSSR count). The molecule has 0 amide bonds. The van der Waals surface area contributed by atoms with E-state index >= 15 is 0 Å². The molecule has 0 saturated carbocycles. The minimum Gasteiger partial charge on any atom is -0.307 e. The Kier molecular flexibility index (Phi) is 16.2. The fourth-order valence-electron chi connectivity index (χ4n) is 25.3. The van der Waals surface area contributed by atoms with Crippen molar-refractivity contribution in [2.24, 2.45) is 0 Å². The Labute approximate surface area is 695 Å². The largest absolute Gasteiger partial charge is 0.307 e. The van der Waals surface area contributed by atoms with Gasteiger partial charge in [-0.15, -0.1) is 0 Å². The van der Waals surface area contributed by atoms with Gasteiger partial charge in [-0.25, -0.2) is 0 Å². The van der Waals surface area contributed by atoms with Gasteiger partial charge in [0, 0.05) is 76.6 Å². The fraction of sp³-hybridized carbons (Fsp3) is 0.368. The first-order chi connectivity index (χ1) is 55.0. The average Bonchev–Trinajstić information content (AvgIpc) is 1.51. The highest BCUT2D eigenvalue weighted by atomic mass is 14.9. The lowest BCUT2D eigenvalue weighted by atomic mass is 9.86. The second-order valence-electron chi connectivity index (χ2n) is 38.7. The monoisotopic (exact) mass is 1530 g/mol. The summed E-state index contributed by atoms with van der Waals surface area (Å²) in [6.07, 6.45) is 3.12. The van der Waals surface area contributed by atoms with Crippen LogP contribution in [0.25, 0.3) is 148 Å². The van der Waals surface area contributed by atoms with Crippen LogP contribution in [0.3, 0.4) is 0 Å². The summed E-state index contributed by atoms with van der Waals surface area (Å²) in [5, 5.41) is 17.7. The van der Waals surface area contributed by atoms with Gasteiger partial charge in [0.25, 0.3) is 0 Å². The average molecular weight is 1540 g/mol. The summed E-state index contributed by atoms with van der Waals surface area (Å²) in [7, 11) is 0. The van der Waals surface area contributed by atoms with Crippen LogP contribution < -0.4 is 0 Å². The number of hydrogen-bond acceptors (Lipinski definition) is 0. The van der Waals surface area contributed by atoms with Crippen molar-refractivity contribution < 1.29 is 0 Å². The van der Waals surface area contributed by atoms with E-state index in [2.05, 4.69) is 283 Å². The SMILES string of the molecule is Cc1c(C)c(C)c2c(c1C)Cc1c(C)c(C)c3c4c(C)c(C)c(C)c5c6c(C)c(C)c(C)c(C)c6n(c3c1-2)c54.Cc1c(C)c(C)c2c(c1C)Cc1c-2c(C)c(C)c2c3c(C)c(C)c(C)c4c5c(C)c(C)c(C)c(C)c5n(c12)c43.Cc1c(C)c(C)c2c(c1C)Cc1c-2c(C)c2c(c1C)c1c(C)c(C)c(C)c3c4c(C)c(C)c(C)c(C)c4n2c31. The molecule has 0 atom stereocenters. The van der Waals surface area contributed by atoms with Crippen molar-refractivity contribution in [3.8, 4) is 33.4 Å². The van der Waals surface area contributed by atoms with Gasteiger partial charge in [0.15, 0.2) is 0 Å². The Morgan fingerprint density at radius 1 is 0.103 bits per heavy atom. The molecule has 0 fully saturated rings. The van der Waals surface area contributed by atoms with E-state index in [1.165, 1.54) is 365 Å². The van der Waals surface area contributed by atoms with Crippen LogP contribution in [0, 0.1) is 270 Å². The molecule has 3 aliphatic rings. The second-order valence-corrected chi connectivity index (χ2v) is 38.7. The molecule has 3 nitrogen and oxygen atoms in total. The number of aromatic nitrogens is 3. The van der Waals surface area contributed by atoms with Crippen LogP contribution in [-0.4, -0.2) is 13.2 Å². The number of benzene rings is 12. The van der Waals surface area contributed by atoms with Crippen molar-refractivity contribution in [2.45, 2.75) is 289 Å². The van der Waals surface area contributed by atoms with Crippen molar-refractivity contribution in [3.05, 3.63) is 250 Å². The minimum absolute atomic E-state index is 1.02. The zero-order chi connectivity index (χ0) is 84.4. The minimum atomic E-state index is 1.02. The number of nitrogens with zero attached hydrogens (tertiary/aromatic N) is 3. The van der Waals surface area contributed by atoms with Gasteiger partial charge in [-0.2, -0.15) is 0 Å². The fourth-order valence-corrected chi connectivity index (χ4v) is 25.3. The van der Waals surface area contributed by atoms with Gasteiger partial charge < -0.3 is 13.2 Å². The van der Waals surface area contributed by atoms with Crippen LogP contribution in [0.15, 0.2) is 0 Å². The third kappa shape index (κ3) is 8.76. The zero-order valence-electron chi connectivity index (χ0n) is 78.5. The molecular formula is C114H123N3. The molecule has 0 spiro atoms. The molecule has 6 heterocycles. The summed E-state index contributed by atoms with van der Waals surface area (Å²) < 4.78 is 8.16. The van der Waals surface area contributed by atoms with E-state index in [1.807, 2.05) is 0 Å². The summed E-state index contributed by atoms with van der Waals surface area (Å²) in [4.78, 5) is 0. The smallest absolute Gasteiger partial charge is 0.0626 e. The lowest BCUT2D eigenvalue weighted by Crippen LogP contribution is -1.99. The molecule has 0 unspecified atom stereocenters. The molecular weight excluding hydrogens is 1410 g/mol. The Morgan fingerprint density at radius 3 is 0.590 bits per heavy atom. The topological polar surface area (TPSA) is 13.2 Å². The molecule has 117 heavy (non-hydrogen) atoms. The maximum absolute atomic E-state index is 2.73. The van der Waals surface area contributed by atoms with E-state index in [4.69, 9.17) is 0 Å². The van der Waals surface area contributed by atoms with Crippen molar-refractivity contribution >= 4 is 114 Å². The number of hydrogen-bond donors (Lipinski definition) is 0. The van der Waals surface area contributed by atoms with Gasteiger partial charge in [0.2, 0.25) is 0 Å². The highest BCUT2D eigenvalue weighted by molar-refractivity contribution is 6.32. The molecule has 3 aliphatic carbocycles. The van der Waals surface area contributed by atoms with Gasteiger partial charge >= 0.3 is 0 Å². The van der Waals surface area contributed by atoms with Gasteiger partial charge in [-0.05, 0) is 561 Å². The summed E-state index contributed by atoms with van der Waals surface area (Å²) in [5.74, 6) is 0. The van der Waals surface area contributed by atoms with Gasteiger partial charge in [0.05, 0.1) is 49.7 Å². The summed E-state index contributed by atoms with van der Waals surface area (Å²) in [6, 6.07) is 0. The van der Waals surface area contributed by atoms with Crippen LogP contribution >= 0.6 is 0 Å². The molecule has 0 bridgehead atoms. The van der Waals surface area contributed by atoms with E-state index in [-0.39, 0.29) is 0 Å². The van der Waals surface area contributed by atoms with Crippen LogP contribution in [-0.2, 0) is 19.3 Å². The van der Waals surface area contributed by atoms with Crippen LogP contribution in [0.4, 0.5) is 0 Å². The quantitative estimate of drug-likeness (QED) is 0.144. The number of rotatable bonds is 0. The second kappa shape index (κ2) is 24.6. The van der Waals surface area contributed by atoms with Crippen LogP contribution in [0.2, 0.25) is 0 Å². The molecule has 0 saturated heterocycles. The summed E-state index contributed by atoms with van der Waals surface area (Å²) in [5.41, 5.74) is 87.9. The maximum Gasteiger partial charge on any atom is 0.0626 e. The predicted molar refractivity (Wildman–Crippen MR) is 513 cm³/mol. The highest BCUT2D eigenvalue weighted by Crippen LogP contribution is 2.60. The molecule has 6 aromatic heterocycles. The predicted octanol–water partition coefficient (Wildman–Crippen LogP) is 31.3. The Morgan fingerprint density at radius 2 is 0.256 bits per heavy atom. The Balaban J connectivity index is 0.000000117. The first-order valence-corrected chi connectivity index (χ1v) is 43.9. The maximum atomic E-state index is 2.73. The lowest BCUT2D eigenvalue weighted by Gasteiger charge is -2.19. The van der Waals surface area contributed by atoms with E-state index in [0.717, 1.165) is 19.3 Å². The Hall–Kier alpha value is -9.96. The first kappa shape index (κ1) is 77.0. The van der Waals surface area contributed by atoms with Crippen LogP contribution in [0.1, 0.15) is 250 Å².